The molecule has 0 aliphatic rings. The van der Waals surface area contributed by atoms with Crippen LogP contribution >= 0.6 is 0 Å². The van der Waals surface area contributed by atoms with Gasteiger partial charge in [0.25, 0.3) is 5.91 Å². The number of pyridine rings is 1. The number of carbonyl (C=O) groups excluding carboxylic acids is 1. The van der Waals surface area contributed by atoms with Crippen molar-refractivity contribution in [2.45, 2.75) is 26.4 Å². The molecule has 0 spiro atoms. The zero-order valence-electron chi connectivity index (χ0n) is 15.5. The van der Waals surface area contributed by atoms with Crippen molar-refractivity contribution < 1.29 is 9.18 Å². The number of hydrogen-bond acceptors (Lipinski definition) is 4. The van der Waals surface area contributed by atoms with E-state index in [9.17, 15) is 9.18 Å². The fourth-order valence-electron chi connectivity index (χ4n) is 3.07. The van der Waals surface area contributed by atoms with Gasteiger partial charge in [0.05, 0.1) is 17.3 Å². The first-order valence-electron chi connectivity index (χ1n) is 8.98. The molecule has 0 bridgehead atoms. The number of benzene rings is 1. The minimum absolute atomic E-state index is 0.211. The second-order valence-electron chi connectivity index (χ2n) is 6.49. The van der Waals surface area contributed by atoms with Crippen molar-refractivity contribution >= 4 is 11.6 Å². The molecule has 7 nitrogen and oxygen atoms in total. The molecular weight excluding hydrogens is 359 g/mol. The van der Waals surface area contributed by atoms with Crippen molar-refractivity contribution in [2.24, 2.45) is 0 Å². The largest absolute Gasteiger partial charge is 0.342 e. The Morgan fingerprint density at radius 2 is 1.96 bits per heavy atom. The third-order valence-electron chi connectivity index (χ3n) is 4.57. The summed E-state index contributed by atoms with van der Waals surface area (Å²) in [6, 6.07) is 9.38. The van der Waals surface area contributed by atoms with Crippen LogP contribution < -0.4 is 5.32 Å². The molecule has 1 amide bonds. The van der Waals surface area contributed by atoms with Crippen molar-refractivity contribution in [1.29, 1.82) is 0 Å². The maximum atomic E-state index is 13.1. The van der Waals surface area contributed by atoms with Gasteiger partial charge >= 0.3 is 0 Å². The number of halogens is 1. The summed E-state index contributed by atoms with van der Waals surface area (Å²) in [5.41, 5.74) is 2.73. The molecule has 0 saturated heterocycles. The number of aryl methyl sites for hydroxylation is 1. The lowest BCUT2D eigenvalue weighted by Crippen LogP contribution is -2.28. The van der Waals surface area contributed by atoms with E-state index in [0.717, 1.165) is 12.1 Å². The quantitative estimate of drug-likeness (QED) is 0.578. The average Bonchev–Trinajstić information content (AvgIpc) is 3.34. The molecule has 0 aliphatic carbocycles. The van der Waals surface area contributed by atoms with Gasteiger partial charge in [-0.15, -0.1) is 10.2 Å². The number of rotatable bonds is 5. The van der Waals surface area contributed by atoms with Crippen molar-refractivity contribution in [3.63, 3.8) is 0 Å². The van der Waals surface area contributed by atoms with Crippen molar-refractivity contribution in [2.75, 3.05) is 0 Å². The van der Waals surface area contributed by atoms with Crippen LogP contribution in [0.3, 0.4) is 0 Å². The molecule has 0 saturated carbocycles. The summed E-state index contributed by atoms with van der Waals surface area (Å²) in [6.45, 7) is 4.60. The number of nitrogens with zero attached hydrogens (tertiary/aromatic N) is 5. The lowest BCUT2D eigenvalue weighted by atomic mass is 10.2. The Morgan fingerprint density at radius 3 is 2.71 bits per heavy atom. The predicted octanol–water partition coefficient (Wildman–Crippen LogP) is 3.24. The molecule has 3 heterocycles. The first kappa shape index (κ1) is 17.8. The van der Waals surface area contributed by atoms with Gasteiger partial charge in [0, 0.05) is 24.5 Å². The molecule has 8 heteroatoms. The molecule has 0 aliphatic heterocycles. The average molecular weight is 378 g/mol. The fourth-order valence-corrected chi connectivity index (χ4v) is 3.07. The van der Waals surface area contributed by atoms with E-state index in [1.165, 1.54) is 12.1 Å². The van der Waals surface area contributed by atoms with Crippen LogP contribution in [-0.4, -0.2) is 30.1 Å². The number of carbonyl (C=O) groups is 1. The van der Waals surface area contributed by atoms with Gasteiger partial charge in [0.1, 0.15) is 17.8 Å². The maximum Gasteiger partial charge on any atom is 0.253 e. The summed E-state index contributed by atoms with van der Waals surface area (Å²) >= 11 is 0. The molecule has 0 fully saturated rings. The van der Waals surface area contributed by atoms with Crippen LogP contribution in [0.2, 0.25) is 0 Å². The number of fused-ring (bicyclic) bond motifs is 1. The standard InChI is InChI=1S/C20H19FN6O/c1-3-26-12-22-25-19(26)13(2)23-20(28)15-6-9-18-24-17(11-27(18)10-15)14-4-7-16(21)8-5-14/h4-13H,3H2,1-2H3,(H,23,28)/t13-/m1/s1. The molecule has 28 heavy (non-hydrogen) atoms. The second kappa shape index (κ2) is 7.22. The second-order valence-corrected chi connectivity index (χ2v) is 6.49. The number of nitrogens with one attached hydrogen (secondary N) is 1. The van der Waals surface area contributed by atoms with Crippen LogP contribution in [0.4, 0.5) is 4.39 Å². The Balaban J connectivity index is 1.57. The molecule has 3 aromatic heterocycles. The van der Waals surface area contributed by atoms with E-state index in [1.54, 1.807) is 41.2 Å². The number of hydrogen-bond donors (Lipinski definition) is 1. The maximum absolute atomic E-state index is 13.1. The van der Waals surface area contributed by atoms with Gasteiger partial charge in [-0.2, -0.15) is 0 Å². The fraction of sp³-hybridized carbons (Fsp3) is 0.200. The highest BCUT2D eigenvalue weighted by Crippen LogP contribution is 2.20. The summed E-state index contributed by atoms with van der Waals surface area (Å²) in [4.78, 5) is 17.2. The molecule has 0 unspecified atom stereocenters. The van der Waals surface area contributed by atoms with Crippen molar-refractivity contribution in [3.8, 4) is 11.3 Å². The van der Waals surface area contributed by atoms with E-state index >= 15 is 0 Å². The summed E-state index contributed by atoms with van der Waals surface area (Å²) < 4.78 is 16.8. The van der Waals surface area contributed by atoms with Crippen LogP contribution in [0.15, 0.2) is 55.1 Å². The number of amides is 1. The van der Waals surface area contributed by atoms with Gasteiger partial charge in [-0.05, 0) is 50.2 Å². The minimum Gasteiger partial charge on any atom is -0.342 e. The Labute approximate surface area is 160 Å². The van der Waals surface area contributed by atoms with E-state index in [0.29, 0.717) is 22.7 Å². The first-order chi connectivity index (χ1) is 13.5. The van der Waals surface area contributed by atoms with E-state index in [2.05, 4.69) is 20.5 Å². The molecule has 1 N–H and O–H groups in total. The van der Waals surface area contributed by atoms with E-state index in [1.807, 2.05) is 24.6 Å². The third kappa shape index (κ3) is 3.36. The van der Waals surface area contributed by atoms with Crippen LogP contribution in [0, 0.1) is 5.82 Å². The van der Waals surface area contributed by atoms with Gasteiger partial charge in [-0.1, -0.05) is 0 Å². The SMILES string of the molecule is CCn1cnnc1[C@@H](C)NC(=O)c1ccc2nc(-c3ccc(F)cc3)cn2c1. The summed E-state index contributed by atoms with van der Waals surface area (Å²) in [5, 5.41) is 10.9. The Bertz CT molecular complexity index is 1130. The zero-order valence-corrected chi connectivity index (χ0v) is 15.5. The Hall–Kier alpha value is -3.55. The van der Waals surface area contributed by atoms with E-state index < -0.39 is 0 Å². The summed E-state index contributed by atoms with van der Waals surface area (Å²) in [6.07, 6.45) is 5.19. The highest BCUT2D eigenvalue weighted by molar-refractivity contribution is 5.94. The van der Waals surface area contributed by atoms with Crippen LogP contribution in [0.1, 0.15) is 36.1 Å². The normalized spacial score (nSPS) is 12.2. The molecule has 142 valence electrons. The van der Waals surface area contributed by atoms with Crippen LogP contribution in [0.5, 0.6) is 0 Å². The van der Waals surface area contributed by atoms with Gasteiger partial charge < -0.3 is 14.3 Å². The highest BCUT2D eigenvalue weighted by atomic mass is 19.1. The Morgan fingerprint density at radius 1 is 1.18 bits per heavy atom. The van der Waals surface area contributed by atoms with Crippen LogP contribution in [-0.2, 0) is 6.54 Å². The third-order valence-corrected chi connectivity index (χ3v) is 4.57. The van der Waals surface area contributed by atoms with E-state index in [4.69, 9.17) is 0 Å². The monoisotopic (exact) mass is 378 g/mol. The van der Waals surface area contributed by atoms with Crippen LogP contribution in [0.25, 0.3) is 16.9 Å². The lowest BCUT2D eigenvalue weighted by molar-refractivity contribution is 0.0937. The van der Waals surface area contributed by atoms with Crippen molar-refractivity contribution in [1.82, 2.24) is 29.5 Å². The first-order valence-corrected chi connectivity index (χ1v) is 8.98. The van der Waals surface area contributed by atoms with Crippen molar-refractivity contribution in [3.05, 3.63) is 72.3 Å². The summed E-state index contributed by atoms with van der Waals surface area (Å²) in [7, 11) is 0. The Kier molecular flexibility index (Phi) is 4.60. The zero-order chi connectivity index (χ0) is 19.7. The molecule has 0 radical (unpaired) electrons. The molecular formula is C20H19FN6O. The van der Waals surface area contributed by atoms with E-state index in [-0.39, 0.29) is 17.8 Å². The number of aromatic nitrogens is 5. The van der Waals surface area contributed by atoms with Gasteiger partial charge in [0.2, 0.25) is 0 Å². The molecule has 1 atom stereocenters. The lowest BCUT2D eigenvalue weighted by Gasteiger charge is -2.14. The van der Waals surface area contributed by atoms with Gasteiger partial charge in [0.15, 0.2) is 5.82 Å². The topological polar surface area (TPSA) is 77.1 Å². The molecule has 4 aromatic rings. The smallest absolute Gasteiger partial charge is 0.253 e. The molecule has 4 rings (SSSR count). The molecule has 1 aromatic carbocycles. The highest BCUT2D eigenvalue weighted by Gasteiger charge is 2.17. The van der Waals surface area contributed by atoms with Gasteiger partial charge in [-0.25, -0.2) is 9.37 Å². The number of imidazole rings is 1. The predicted molar refractivity (Wildman–Crippen MR) is 102 cm³/mol. The minimum atomic E-state index is -0.292. The summed E-state index contributed by atoms with van der Waals surface area (Å²) in [5.74, 6) is 0.203. The van der Waals surface area contributed by atoms with Gasteiger partial charge in [-0.3, -0.25) is 4.79 Å².